The number of benzene rings is 1. The van der Waals surface area contributed by atoms with E-state index in [1.54, 1.807) is 24.3 Å². The number of ketones is 1. The molecule has 0 unspecified atom stereocenters. The fourth-order valence-electron chi connectivity index (χ4n) is 1.35. The van der Waals surface area contributed by atoms with Gasteiger partial charge < -0.3 is 0 Å². The molecule has 0 aliphatic heterocycles. The topological polar surface area (TPSA) is 17.1 Å². The van der Waals surface area contributed by atoms with Crippen LogP contribution in [0.5, 0.6) is 0 Å². The minimum Gasteiger partial charge on any atom is -0.288 e. The SMILES string of the molecule is O=C(/C=C/c1ccc(Cl)cc1Cl)c1sccc1Br. The van der Waals surface area contributed by atoms with Crippen LogP contribution in [0.1, 0.15) is 15.2 Å². The second-order valence-electron chi connectivity index (χ2n) is 3.46. The zero-order chi connectivity index (χ0) is 13.1. The zero-order valence-electron chi connectivity index (χ0n) is 8.99. The summed E-state index contributed by atoms with van der Waals surface area (Å²) in [6.45, 7) is 0. The average molecular weight is 362 g/mol. The van der Waals surface area contributed by atoms with Gasteiger partial charge in [-0.3, -0.25) is 4.79 Å². The highest BCUT2D eigenvalue weighted by atomic mass is 79.9. The summed E-state index contributed by atoms with van der Waals surface area (Å²) in [7, 11) is 0. The maximum absolute atomic E-state index is 11.9. The first-order valence-corrected chi connectivity index (χ1v) is 7.41. The highest BCUT2D eigenvalue weighted by molar-refractivity contribution is 9.10. The molecule has 2 rings (SSSR count). The Morgan fingerprint density at radius 3 is 2.67 bits per heavy atom. The predicted octanol–water partition coefficient (Wildman–Crippen LogP) is 5.71. The quantitative estimate of drug-likeness (QED) is 0.505. The third-order valence-electron chi connectivity index (χ3n) is 2.22. The van der Waals surface area contributed by atoms with E-state index in [0.717, 1.165) is 10.0 Å². The van der Waals surface area contributed by atoms with Gasteiger partial charge in [-0.1, -0.05) is 29.3 Å². The van der Waals surface area contributed by atoms with Crippen molar-refractivity contribution in [1.82, 2.24) is 0 Å². The summed E-state index contributed by atoms with van der Waals surface area (Å²) >= 11 is 16.5. The van der Waals surface area contributed by atoms with Gasteiger partial charge >= 0.3 is 0 Å². The van der Waals surface area contributed by atoms with Gasteiger partial charge in [0.1, 0.15) is 0 Å². The Hall–Kier alpha value is -0.610. The van der Waals surface area contributed by atoms with Gasteiger partial charge in [0.2, 0.25) is 0 Å². The summed E-state index contributed by atoms with van der Waals surface area (Å²) in [5.41, 5.74) is 0.766. The Labute approximate surface area is 127 Å². The van der Waals surface area contributed by atoms with E-state index in [4.69, 9.17) is 23.2 Å². The van der Waals surface area contributed by atoms with Crippen molar-refractivity contribution >= 4 is 62.3 Å². The van der Waals surface area contributed by atoms with Crippen molar-refractivity contribution in [2.24, 2.45) is 0 Å². The Morgan fingerprint density at radius 2 is 2.06 bits per heavy atom. The van der Waals surface area contributed by atoms with Crippen LogP contribution in [0, 0.1) is 0 Å². The van der Waals surface area contributed by atoms with Crippen LogP contribution < -0.4 is 0 Å². The molecular weight excluding hydrogens is 355 g/mol. The first kappa shape index (κ1) is 13.8. The Bertz CT molecular complexity index is 619. The van der Waals surface area contributed by atoms with Gasteiger partial charge in [0.05, 0.1) is 4.88 Å². The van der Waals surface area contributed by atoms with Gasteiger partial charge in [0, 0.05) is 14.5 Å². The number of hydrogen-bond acceptors (Lipinski definition) is 2. The summed E-state index contributed by atoms with van der Waals surface area (Å²) in [4.78, 5) is 12.6. The Balaban J connectivity index is 2.21. The maximum atomic E-state index is 11.9. The molecule has 0 radical (unpaired) electrons. The highest BCUT2D eigenvalue weighted by Crippen LogP contribution is 2.25. The molecule has 0 saturated carbocycles. The zero-order valence-corrected chi connectivity index (χ0v) is 12.9. The molecule has 0 aliphatic carbocycles. The van der Waals surface area contributed by atoms with Gasteiger partial charge in [0.15, 0.2) is 5.78 Å². The van der Waals surface area contributed by atoms with Crippen molar-refractivity contribution in [2.75, 3.05) is 0 Å². The van der Waals surface area contributed by atoms with Crippen LogP contribution in [0.25, 0.3) is 6.08 Å². The molecule has 1 nitrogen and oxygen atoms in total. The van der Waals surface area contributed by atoms with Crippen LogP contribution in [-0.2, 0) is 0 Å². The number of rotatable bonds is 3. The van der Waals surface area contributed by atoms with Crippen molar-refractivity contribution < 1.29 is 4.79 Å². The summed E-state index contributed by atoms with van der Waals surface area (Å²) in [6.07, 6.45) is 3.19. The van der Waals surface area contributed by atoms with Gasteiger partial charge in [-0.15, -0.1) is 11.3 Å². The van der Waals surface area contributed by atoms with E-state index in [0.29, 0.717) is 14.9 Å². The summed E-state index contributed by atoms with van der Waals surface area (Å²) < 4.78 is 0.810. The highest BCUT2D eigenvalue weighted by Gasteiger charge is 2.08. The van der Waals surface area contributed by atoms with Gasteiger partial charge in [0.25, 0.3) is 0 Å². The minimum absolute atomic E-state index is 0.0529. The lowest BCUT2D eigenvalue weighted by molar-refractivity contribution is 0.105. The van der Waals surface area contributed by atoms with Crippen LogP contribution in [-0.4, -0.2) is 5.78 Å². The molecule has 0 aliphatic rings. The van der Waals surface area contributed by atoms with Crippen molar-refractivity contribution in [1.29, 1.82) is 0 Å². The van der Waals surface area contributed by atoms with E-state index in [2.05, 4.69) is 15.9 Å². The van der Waals surface area contributed by atoms with E-state index in [1.807, 2.05) is 11.4 Å². The van der Waals surface area contributed by atoms with E-state index >= 15 is 0 Å². The lowest BCUT2D eigenvalue weighted by Crippen LogP contribution is -1.90. The number of halogens is 3. The molecule has 0 N–H and O–H groups in total. The van der Waals surface area contributed by atoms with Crippen molar-refractivity contribution in [3.63, 3.8) is 0 Å². The standard InChI is InChI=1S/C13H7BrCl2OS/c14-10-5-6-18-13(10)12(17)4-2-8-1-3-9(15)7-11(8)16/h1-7H/b4-2+. The van der Waals surface area contributed by atoms with Crippen LogP contribution in [0.15, 0.2) is 40.2 Å². The number of carbonyl (C=O) groups excluding carboxylic acids is 1. The predicted molar refractivity (Wildman–Crippen MR) is 81.8 cm³/mol. The molecule has 18 heavy (non-hydrogen) atoms. The molecule has 0 spiro atoms. The first-order valence-electron chi connectivity index (χ1n) is 4.98. The maximum Gasteiger partial charge on any atom is 0.196 e. The molecule has 0 amide bonds. The number of thiophene rings is 1. The first-order chi connectivity index (χ1) is 8.58. The lowest BCUT2D eigenvalue weighted by atomic mass is 10.2. The van der Waals surface area contributed by atoms with E-state index in [1.165, 1.54) is 17.4 Å². The minimum atomic E-state index is -0.0529. The molecule has 2 aromatic rings. The van der Waals surface area contributed by atoms with Gasteiger partial charge in [-0.05, 0) is 57.2 Å². The normalized spacial score (nSPS) is 11.1. The van der Waals surface area contributed by atoms with Crippen molar-refractivity contribution in [3.8, 4) is 0 Å². The molecule has 92 valence electrons. The second-order valence-corrected chi connectivity index (χ2v) is 6.08. The molecular formula is C13H7BrCl2OS. The van der Waals surface area contributed by atoms with E-state index < -0.39 is 0 Å². The summed E-state index contributed by atoms with van der Waals surface area (Å²) in [6, 6.07) is 7.01. The van der Waals surface area contributed by atoms with Crippen molar-refractivity contribution in [2.45, 2.75) is 0 Å². The lowest BCUT2D eigenvalue weighted by Gasteiger charge is -1.98. The fourth-order valence-corrected chi connectivity index (χ4v) is 3.31. The third-order valence-corrected chi connectivity index (χ3v) is 4.63. The smallest absolute Gasteiger partial charge is 0.196 e. The largest absolute Gasteiger partial charge is 0.288 e. The Kier molecular flexibility index (Phi) is 4.62. The second kappa shape index (κ2) is 6.02. The molecule has 1 heterocycles. The number of allylic oxidation sites excluding steroid dienone is 1. The van der Waals surface area contributed by atoms with E-state index in [-0.39, 0.29) is 5.78 Å². The summed E-state index contributed by atoms with van der Waals surface area (Å²) in [5.74, 6) is -0.0529. The molecule has 1 aromatic heterocycles. The Morgan fingerprint density at radius 1 is 1.28 bits per heavy atom. The summed E-state index contributed by atoms with van der Waals surface area (Å²) in [5, 5.41) is 2.96. The van der Waals surface area contributed by atoms with Crippen LogP contribution in [0.2, 0.25) is 10.0 Å². The fraction of sp³-hybridized carbons (Fsp3) is 0. The monoisotopic (exact) mass is 360 g/mol. The van der Waals surface area contributed by atoms with E-state index in [9.17, 15) is 4.79 Å². The van der Waals surface area contributed by atoms with Gasteiger partial charge in [-0.2, -0.15) is 0 Å². The molecule has 0 fully saturated rings. The molecule has 0 saturated heterocycles. The number of carbonyl (C=O) groups is 1. The van der Waals surface area contributed by atoms with Crippen molar-refractivity contribution in [3.05, 3.63) is 60.7 Å². The molecule has 5 heteroatoms. The average Bonchev–Trinajstić information content (AvgIpc) is 2.74. The third kappa shape index (κ3) is 3.23. The number of hydrogen-bond donors (Lipinski definition) is 0. The van der Waals surface area contributed by atoms with Crippen LogP contribution >= 0.6 is 50.5 Å². The van der Waals surface area contributed by atoms with Crippen LogP contribution in [0.3, 0.4) is 0 Å². The van der Waals surface area contributed by atoms with Gasteiger partial charge in [-0.25, -0.2) is 0 Å². The molecule has 1 aromatic carbocycles. The molecule has 0 bridgehead atoms. The van der Waals surface area contributed by atoms with Crippen LogP contribution in [0.4, 0.5) is 0 Å². The molecule has 0 atom stereocenters.